The lowest BCUT2D eigenvalue weighted by molar-refractivity contribution is 0.628. The summed E-state index contributed by atoms with van der Waals surface area (Å²) in [5, 5.41) is 12.0. The van der Waals surface area contributed by atoms with Gasteiger partial charge in [-0.25, -0.2) is 4.39 Å². The zero-order chi connectivity index (χ0) is 15.0. The number of halogens is 2. The molecular weight excluding hydrogens is 293 g/mol. The van der Waals surface area contributed by atoms with E-state index in [1.54, 1.807) is 12.1 Å². The first-order valence-electron chi connectivity index (χ1n) is 6.16. The van der Waals surface area contributed by atoms with E-state index in [1.165, 1.54) is 22.9 Å². The van der Waals surface area contributed by atoms with Gasteiger partial charge in [0.25, 0.3) is 0 Å². The predicted octanol–water partition coefficient (Wildman–Crippen LogP) is 3.01. The SMILES string of the molecule is Cc1ccc(-n2nnnc2-c2cc(F)ccc2N)c(Cl)c1. The third kappa shape index (κ3) is 2.45. The molecule has 3 aromatic rings. The van der Waals surface area contributed by atoms with E-state index in [2.05, 4.69) is 15.5 Å². The van der Waals surface area contributed by atoms with Crippen LogP contribution in [0.3, 0.4) is 0 Å². The van der Waals surface area contributed by atoms with Gasteiger partial charge < -0.3 is 5.73 Å². The second-order valence-electron chi connectivity index (χ2n) is 4.60. The van der Waals surface area contributed by atoms with Crippen LogP contribution in [0.2, 0.25) is 5.02 Å². The first-order chi connectivity index (χ1) is 10.1. The van der Waals surface area contributed by atoms with Crippen LogP contribution in [0.4, 0.5) is 10.1 Å². The van der Waals surface area contributed by atoms with Gasteiger partial charge in [0.15, 0.2) is 5.82 Å². The smallest absolute Gasteiger partial charge is 0.189 e. The summed E-state index contributed by atoms with van der Waals surface area (Å²) in [6, 6.07) is 9.54. The maximum atomic E-state index is 13.4. The number of aromatic nitrogens is 4. The molecule has 0 radical (unpaired) electrons. The quantitative estimate of drug-likeness (QED) is 0.739. The summed E-state index contributed by atoms with van der Waals surface area (Å²) in [4.78, 5) is 0. The molecule has 0 unspecified atom stereocenters. The van der Waals surface area contributed by atoms with Gasteiger partial charge in [-0.1, -0.05) is 17.7 Å². The fourth-order valence-electron chi connectivity index (χ4n) is 2.02. The Kier molecular flexibility index (Phi) is 3.31. The Bertz CT molecular complexity index is 815. The molecule has 0 saturated carbocycles. The van der Waals surface area contributed by atoms with E-state index in [1.807, 2.05) is 13.0 Å². The molecule has 3 rings (SSSR count). The molecule has 0 atom stereocenters. The average Bonchev–Trinajstić information content (AvgIpc) is 2.90. The molecule has 21 heavy (non-hydrogen) atoms. The van der Waals surface area contributed by atoms with Crippen LogP contribution >= 0.6 is 11.6 Å². The van der Waals surface area contributed by atoms with Crippen molar-refractivity contribution in [1.29, 1.82) is 0 Å². The Labute approximate surface area is 125 Å². The van der Waals surface area contributed by atoms with Crippen molar-refractivity contribution in [1.82, 2.24) is 20.2 Å². The Morgan fingerprint density at radius 1 is 1.19 bits per heavy atom. The lowest BCUT2D eigenvalue weighted by Crippen LogP contribution is -2.03. The molecule has 7 heteroatoms. The minimum absolute atomic E-state index is 0.331. The van der Waals surface area contributed by atoms with Gasteiger partial charge in [0, 0.05) is 11.3 Å². The molecule has 2 N–H and O–H groups in total. The van der Waals surface area contributed by atoms with Gasteiger partial charge in [-0.3, -0.25) is 0 Å². The summed E-state index contributed by atoms with van der Waals surface area (Å²) in [6.07, 6.45) is 0. The first-order valence-corrected chi connectivity index (χ1v) is 6.54. The fraction of sp³-hybridized carbons (Fsp3) is 0.0714. The van der Waals surface area contributed by atoms with Gasteiger partial charge in [0.1, 0.15) is 5.82 Å². The van der Waals surface area contributed by atoms with Crippen molar-refractivity contribution in [2.75, 3.05) is 5.73 Å². The summed E-state index contributed by atoms with van der Waals surface area (Å²) in [7, 11) is 0. The molecule has 0 amide bonds. The molecule has 0 spiro atoms. The van der Waals surface area contributed by atoms with Gasteiger partial charge in [-0.05, 0) is 53.2 Å². The number of hydrogen-bond donors (Lipinski definition) is 1. The van der Waals surface area contributed by atoms with E-state index in [-0.39, 0.29) is 0 Å². The highest BCUT2D eigenvalue weighted by Gasteiger charge is 2.16. The Balaban J connectivity index is 2.19. The number of hydrogen-bond acceptors (Lipinski definition) is 4. The summed E-state index contributed by atoms with van der Waals surface area (Å²) in [6.45, 7) is 1.93. The minimum Gasteiger partial charge on any atom is -0.398 e. The molecule has 0 saturated heterocycles. The molecule has 0 aliphatic carbocycles. The minimum atomic E-state index is -0.413. The van der Waals surface area contributed by atoms with E-state index in [4.69, 9.17) is 17.3 Å². The van der Waals surface area contributed by atoms with Crippen molar-refractivity contribution in [2.45, 2.75) is 6.92 Å². The van der Waals surface area contributed by atoms with Gasteiger partial charge in [0.05, 0.1) is 10.7 Å². The largest absolute Gasteiger partial charge is 0.398 e. The molecule has 1 aromatic heterocycles. The molecule has 0 bridgehead atoms. The monoisotopic (exact) mass is 303 g/mol. The van der Waals surface area contributed by atoms with Crippen LogP contribution in [0, 0.1) is 12.7 Å². The number of aryl methyl sites for hydroxylation is 1. The molecular formula is C14H11ClFN5. The maximum Gasteiger partial charge on any atom is 0.189 e. The standard InChI is InChI=1S/C14H11ClFN5/c1-8-2-5-13(11(15)6-8)21-14(18-19-20-21)10-7-9(16)3-4-12(10)17/h2-7H,17H2,1H3. The number of nitrogens with two attached hydrogens (primary N) is 1. The summed E-state index contributed by atoms with van der Waals surface area (Å²) in [5.41, 5.74) is 8.30. The Morgan fingerprint density at radius 3 is 2.76 bits per heavy atom. The van der Waals surface area contributed by atoms with Crippen LogP contribution in [-0.2, 0) is 0 Å². The van der Waals surface area contributed by atoms with Gasteiger partial charge in [-0.2, -0.15) is 4.68 Å². The fourth-order valence-corrected chi connectivity index (χ4v) is 2.34. The number of tetrazole rings is 1. The topological polar surface area (TPSA) is 69.6 Å². The molecule has 2 aromatic carbocycles. The lowest BCUT2D eigenvalue weighted by Gasteiger charge is -2.09. The molecule has 0 fully saturated rings. The van der Waals surface area contributed by atoms with Crippen LogP contribution in [0.15, 0.2) is 36.4 Å². The van der Waals surface area contributed by atoms with E-state index < -0.39 is 5.82 Å². The van der Waals surface area contributed by atoms with E-state index in [9.17, 15) is 4.39 Å². The molecule has 0 aliphatic heterocycles. The van der Waals surface area contributed by atoms with Gasteiger partial charge in [0.2, 0.25) is 0 Å². The number of benzene rings is 2. The normalized spacial score (nSPS) is 10.8. The number of nitrogen functional groups attached to an aromatic ring is 1. The third-order valence-corrected chi connectivity index (χ3v) is 3.36. The van der Waals surface area contributed by atoms with Crippen molar-refractivity contribution < 1.29 is 4.39 Å². The Morgan fingerprint density at radius 2 is 2.00 bits per heavy atom. The first kappa shape index (κ1) is 13.5. The zero-order valence-corrected chi connectivity index (χ0v) is 11.8. The summed E-state index contributed by atoms with van der Waals surface area (Å²) >= 11 is 6.23. The van der Waals surface area contributed by atoms with E-state index >= 15 is 0 Å². The second-order valence-corrected chi connectivity index (χ2v) is 5.01. The highest BCUT2D eigenvalue weighted by Crippen LogP contribution is 2.29. The highest BCUT2D eigenvalue weighted by atomic mass is 35.5. The maximum absolute atomic E-state index is 13.4. The summed E-state index contributed by atoms with van der Waals surface area (Å²) < 4.78 is 14.9. The van der Waals surface area contributed by atoms with Crippen LogP contribution < -0.4 is 5.73 Å². The second kappa shape index (κ2) is 5.14. The number of anilines is 1. The van der Waals surface area contributed by atoms with Crippen LogP contribution in [0.5, 0.6) is 0 Å². The molecule has 0 aliphatic rings. The van der Waals surface area contributed by atoms with E-state index in [0.29, 0.717) is 27.8 Å². The van der Waals surface area contributed by atoms with Crippen LogP contribution in [0.1, 0.15) is 5.56 Å². The third-order valence-electron chi connectivity index (χ3n) is 3.06. The summed E-state index contributed by atoms with van der Waals surface area (Å²) in [5.74, 6) is -0.0819. The van der Waals surface area contributed by atoms with Crippen LogP contribution in [0.25, 0.3) is 17.1 Å². The van der Waals surface area contributed by atoms with Crippen molar-refractivity contribution in [3.63, 3.8) is 0 Å². The highest BCUT2D eigenvalue weighted by molar-refractivity contribution is 6.32. The lowest BCUT2D eigenvalue weighted by atomic mass is 10.1. The van der Waals surface area contributed by atoms with E-state index in [0.717, 1.165) is 5.56 Å². The molecule has 106 valence electrons. The Hall–Kier alpha value is -2.47. The van der Waals surface area contributed by atoms with Gasteiger partial charge in [-0.15, -0.1) is 5.10 Å². The number of nitrogens with zero attached hydrogens (tertiary/aromatic N) is 4. The van der Waals surface area contributed by atoms with Crippen molar-refractivity contribution in [3.05, 3.63) is 52.8 Å². The predicted molar refractivity (Wildman–Crippen MR) is 78.7 cm³/mol. The van der Waals surface area contributed by atoms with Gasteiger partial charge >= 0.3 is 0 Å². The van der Waals surface area contributed by atoms with Crippen LogP contribution in [-0.4, -0.2) is 20.2 Å². The zero-order valence-electron chi connectivity index (χ0n) is 11.1. The van der Waals surface area contributed by atoms with Crippen molar-refractivity contribution >= 4 is 17.3 Å². The molecule has 1 heterocycles. The van der Waals surface area contributed by atoms with Crippen molar-refractivity contribution in [3.8, 4) is 17.1 Å². The molecule has 5 nitrogen and oxygen atoms in total. The average molecular weight is 304 g/mol. The van der Waals surface area contributed by atoms with Crippen molar-refractivity contribution in [2.24, 2.45) is 0 Å². The number of rotatable bonds is 2.